The number of nitrogens with zero attached hydrogens (tertiary/aromatic N) is 1. The molecule has 94 valence electrons. The standard InChI is InChI=1S/C15H18N2S/c1-9-4-3-5-12(8-9)15-17-13(11-6-7-11)14(18-15)10(2)16/h3-5,8,10-11H,6-7,16H2,1-2H3. The fraction of sp³-hybridized carbons (Fsp3) is 0.400. The highest BCUT2D eigenvalue weighted by Crippen LogP contribution is 2.45. The predicted molar refractivity (Wildman–Crippen MR) is 76.9 cm³/mol. The van der Waals surface area contributed by atoms with Crippen LogP contribution in [0.4, 0.5) is 0 Å². The molecule has 2 nitrogen and oxygen atoms in total. The van der Waals surface area contributed by atoms with Crippen molar-refractivity contribution in [3.63, 3.8) is 0 Å². The Morgan fingerprint density at radius 2 is 2.17 bits per heavy atom. The summed E-state index contributed by atoms with van der Waals surface area (Å²) in [6, 6.07) is 8.63. The van der Waals surface area contributed by atoms with E-state index in [1.54, 1.807) is 11.3 Å². The zero-order valence-corrected chi connectivity index (χ0v) is 11.6. The summed E-state index contributed by atoms with van der Waals surface area (Å²) in [4.78, 5) is 6.12. The zero-order valence-electron chi connectivity index (χ0n) is 10.8. The number of rotatable bonds is 3. The number of thiazole rings is 1. The molecule has 0 radical (unpaired) electrons. The molecule has 1 aliphatic carbocycles. The lowest BCUT2D eigenvalue weighted by Crippen LogP contribution is -2.05. The van der Waals surface area contributed by atoms with Crippen molar-refractivity contribution in [2.75, 3.05) is 0 Å². The van der Waals surface area contributed by atoms with E-state index in [2.05, 4.69) is 38.1 Å². The van der Waals surface area contributed by atoms with Crippen molar-refractivity contribution >= 4 is 11.3 Å². The first-order chi connectivity index (χ1) is 8.65. The maximum Gasteiger partial charge on any atom is 0.123 e. The molecule has 1 unspecified atom stereocenters. The van der Waals surface area contributed by atoms with E-state index in [9.17, 15) is 0 Å². The van der Waals surface area contributed by atoms with Gasteiger partial charge in [-0.25, -0.2) is 4.98 Å². The molecule has 1 aromatic heterocycles. The molecule has 18 heavy (non-hydrogen) atoms. The molecule has 2 N–H and O–H groups in total. The molecule has 1 aliphatic rings. The first-order valence-corrected chi connectivity index (χ1v) is 7.30. The van der Waals surface area contributed by atoms with Gasteiger partial charge in [0.15, 0.2) is 0 Å². The van der Waals surface area contributed by atoms with Gasteiger partial charge in [-0.15, -0.1) is 11.3 Å². The van der Waals surface area contributed by atoms with Gasteiger partial charge in [0.05, 0.1) is 5.69 Å². The number of benzene rings is 1. The maximum absolute atomic E-state index is 6.07. The van der Waals surface area contributed by atoms with Crippen molar-refractivity contribution in [1.82, 2.24) is 4.98 Å². The monoisotopic (exact) mass is 258 g/mol. The summed E-state index contributed by atoms with van der Waals surface area (Å²) < 4.78 is 0. The summed E-state index contributed by atoms with van der Waals surface area (Å²) in [5.41, 5.74) is 9.82. The molecule has 0 spiro atoms. The Balaban J connectivity index is 2.05. The number of hydrogen-bond acceptors (Lipinski definition) is 3. The maximum atomic E-state index is 6.07. The summed E-state index contributed by atoms with van der Waals surface area (Å²) in [7, 11) is 0. The highest BCUT2D eigenvalue weighted by atomic mass is 32.1. The molecule has 1 heterocycles. The van der Waals surface area contributed by atoms with Crippen molar-refractivity contribution in [2.24, 2.45) is 5.73 Å². The lowest BCUT2D eigenvalue weighted by atomic mass is 10.1. The molecule has 2 aromatic rings. The van der Waals surface area contributed by atoms with Crippen molar-refractivity contribution in [2.45, 2.75) is 38.6 Å². The third-order valence-corrected chi connectivity index (χ3v) is 4.64. The quantitative estimate of drug-likeness (QED) is 0.903. The molecule has 3 heteroatoms. The van der Waals surface area contributed by atoms with E-state index in [0.29, 0.717) is 5.92 Å². The van der Waals surface area contributed by atoms with Gasteiger partial charge in [-0.2, -0.15) is 0 Å². The van der Waals surface area contributed by atoms with Gasteiger partial charge in [-0.05, 0) is 32.8 Å². The van der Waals surface area contributed by atoms with E-state index in [0.717, 1.165) is 5.01 Å². The van der Waals surface area contributed by atoms with Gasteiger partial charge in [0.25, 0.3) is 0 Å². The zero-order chi connectivity index (χ0) is 12.7. The van der Waals surface area contributed by atoms with Gasteiger partial charge >= 0.3 is 0 Å². The molecule has 0 bridgehead atoms. The number of nitrogens with two attached hydrogens (primary N) is 1. The van der Waals surface area contributed by atoms with Crippen LogP contribution in [0.1, 0.15) is 47.9 Å². The van der Waals surface area contributed by atoms with E-state index in [1.165, 1.54) is 34.5 Å². The first-order valence-electron chi connectivity index (χ1n) is 6.48. The number of aryl methyl sites for hydroxylation is 1. The van der Waals surface area contributed by atoms with Gasteiger partial charge in [0, 0.05) is 22.4 Å². The highest BCUT2D eigenvalue weighted by Gasteiger charge is 2.30. The third kappa shape index (κ3) is 2.20. The Morgan fingerprint density at radius 1 is 1.39 bits per heavy atom. The third-order valence-electron chi connectivity index (χ3n) is 3.32. The van der Waals surface area contributed by atoms with Crippen LogP contribution in [0.15, 0.2) is 24.3 Å². The van der Waals surface area contributed by atoms with Crippen molar-refractivity contribution < 1.29 is 0 Å². The van der Waals surface area contributed by atoms with Crippen molar-refractivity contribution in [3.8, 4) is 10.6 Å². The number of aromatic nitrogens is 1. The minimum Gasteiger partial charge on any atom is -0.323 e. The molecule has 3 rings (SSSR count). The van der Waals surface area contributed by atoms with Crippen molar-refractivity contribution in [3.05, 3.63) is 40.4 Å². The van der Waals surface area contributed by atoms with Crippen LogP contribution in [0.25, 0.3) is 10.6 Å². The van der Waals surface area contributed by atoms with Crippen LogP contribution in [0.3, 0.4) is 0 Å². The van der Waals surface area contributed by atoms with Crippen LogP contribution < -0.4 is 5.73 Å². The van der Waals surface area contributed by atoms with Gasteiger partial charge in [0.2, 0.25) is 0 Å². The average molecular weight is 258 g/mol. The van der Waals surface area contributed by atoms with Crippen LogP contribution in [0.2, 0.25) is 0 Å². The SMILES string of the molecule is Cc1cccc(-c2nc(C3CC3)c(C(C)N)s2)c1. The Hall–Kier alpha value is -1.19. The molecule has 0 saturated heterocycles. The molecule has 1 aromatic carbocycles. The molecular formula is C15H18N2S. The average Bonchev–Trinajstić information content (AvgIpc) is 3.07. The molecule has 1 fully saturated rings. The second kappa shape index (κ2) is 4.48. The minimum absolute atomic E-state index is 0.0941. The van der Waals surface area contributed by atoms with Gasteiger partial charge in [-0.3, -0.25) is 0 Å². The van der Waals surface area contributed by atoms with Crippen LogP contribution in [-0.4, -0.2) is 4.98 Å². The van der Waals surface area contributed by atoms with Gasteiger partial charge in [-0.1, -0.05) is 23.8 Å². The molecular weight excluding hydrogens is 240 g/mol. The summed E-state index contributed by atoms with van der Waals surface area (Å²) in [6.45, 7) is 4.17. The lowest BCUT2D eigenvalue weighted by molar-refractivity contribution is 0.811. The van der Waals surface area contributed by atoms with Crippen molar-refractivity contribution in [1.29, 1.82) is 0 Å². The predicted octanol–water partition coefficient (Wildman–Crippen LogP) is 4.02. The van der Waals surface area contributed by atoms with E-state index < -0.39 is 0 Å². The summed E-state index contributed by atoms with van der Waals surface area (Å²) in [5.74, 6) is 0.667. The summed E-state index contributed by atoms with van der Waals surface area (Å²) >= 11 is 1.76. The Morgan fingerprint density at radius 3 is 2.78 bits per heavy atom. The second-order valence-corrected chi connectivity index (χ2v) is 6.23. The van der Waals surface area contributed by atoms with Crippen LogP contribution >= 0.6 is 11.3 Å². The van der Waals surface area contributed by atoms with Gasteiger partial charge < -0.3 is 5.73 Å². The summed E-state index contributed by atoms with van der Waals surface area (Å²) in [6.07, 6.45) is 2.55. The minimum atomic E-state index is 0.0941. The smallest absolute Gasteiger partial charge is 0.123 e. The Labute approximate surface area is 112 Å². The topological polar surface area (TPSA) is 38.9 Å². The van der Waals surface area contributed by atoms with E-state index in [-0.39, 0.29) is 6.04 Å². The second-order valence-electron chi connectivity index (χ2n) is 5.20. The first kappa shape index (κ1) is 11.9. The van der Waals surface area contributed by atoms with E-state index in [4.69, 9.17) is 10.7 Å². The molecule has 0 amide bonds. The Bertz CT molecular complexity index is 548. The van der Waals surface area contributed by atoms with Crippen LogP contribution in [0.5, 0.6) is 0 Å². The lowest BCUT2D eigenvalue weighted by Gasteiger charge is -2.02. The molecule has 1 saturated carbocycles. The highest BCUT2D eigenvalue weighted by molar-refractivity contribution is 7.15. The molecule has 0 aliphatic heterocycles. The van der Waals surface area contributed by atoms with E-state index in [1.807, 2.05) is 0 Å². The Kier molecular flexibility index (Phi) is 2.96. The number of hydrogen-bond donors (Lipinski definition) is 1. The largest absolute Gasteiger partial charge is 0.323 e. The fourth-order valence-corrected chi connectivity index (χ4v) is 3.32. The summed E-state index contributed by atoms with van der Waals surface area (Å²) in [5, 5.41) is 1.12. The van der Waals surface area contributed by atoms with Gasteiger partial charge in [0.1, 0.15) is 5.01 Å². The molecule has 1 atom stereocenters. The fourth-order valence-electron chi connectivity index (χ4n) is 2.22. The van der Waals surface area contributed by atoms with Crippen LogP contribution in [0, 0.1) is 6.92 Å². The normalized spacial score (nSPS) is 16.8. The van der Waals surface area contributed by atoms with Crippen LogP contribution in [-0.2, 0) is 0 Å². The van der Waals surface area contributed by atoms with E-state index >= 15 is 0 Å².